The molecule has 0 N–H and O–H groups in total. The predicted molar refractivity (Wildman–Crippen MR) is 80.2 cm³/mol. The fourth-order valence-electron chi connectivity index (χ4n) is 1.93. The van der Waals surface area contributed by atoms with Crippen LogP contribution in [0, 0.1) is 4.91 Å². The van der Waals surface area contributed by atoms with Gasteiger partial charge in [-0.15, -0.1) is 4.91 Å². The molecule has 0 aliphatic carbocycles. The maximum absolute atomic E-state index is 10.5. The van der Waals surface area contributed by atoms with E-state index in [1.807, 2.05) is 36.4 Å². The van der Waals surface area contributed by atoms with Gasteiger partial charge in [-0.25, -0.2) is 4.98 Å². The minimum atomic E-state index is 0.562. The van der Waals surface area contributed by atoms with Crippen LogP contribution in [0.5, 0.6) is 0 Å². The maximum atomic E-state index is 10.5. The van der Waals surface area contributed by atoms with Crippen molar-refractivity contribution < 1.29 is 0 Å². The van der Waals surface area contributed by atoms with Crippen LogP contribution in [0.1, 0.15) is 5.56 Å². The van der Waals surface area contributed by atoms with Gasteiger partial charge in [-0.1, -0.05) is 36.4 Å². The van der Waals surface area contributed by atoms with Gasteiger partial charge >= 0.3 is 0 Å². The van der Waals surface area contributed by atoms with Crippen molar-refractivity contribution in [3.8, 4) is 0 Å². The highest BCUT2D eigenvalue weighted by Crippen LogP contribution is 2.13. The number of hydrogen-bond acceptors (Lipinski definition) is 4. The van der Waals surface area contributed by atoms with E-state index in [0.717, 1.165) is 12.4 Å². The van der Waals surface area contributed by atoms with E-state index >= 15 is 0 Å². The van der Waals surface area contributed by atoms with Gasteiger partial charge in [0.1, 0.15) is 5.82 Å². The van der Waals surface area contributed by atoms with Crippen LogP contribution in [0.3, 0.4) is 0 Å². The molecule has 0 fully saturated rings. The first-order valence-corrected chi connectivity index (χ1v) is 6.54. The molecular formula is C15H18N4O. The molecule has 20 heavy (non-hydrogen) atoms. The number of benzene rings is 1. The van der Waals surface area contributed by atoms with Crippen LogP contribution >= 0.6 is 0 Å². The van der Waals surface area contributed by atoms with Gasteiger partial charge in [0.25, 0.3) is 0 Å². The van der Waals surface area contributed by atoms with Gasteiger partial charge < -0.3 is 4.90 Å². The zero-order valence-corrected chi connectivity index (χ0v) is 11.5. The first-order valence-electron chi connectivity index (χ1n) is 6.54. The summed E-state index contributed by atoms with van der Waals surface area (Å²) in [6, 6.07) is 16.0. The number of pyridine rings is 1. The summed E-state index contributed by atoms with van der Waals surface area (Å²) in [4.78, 5) is 17.0. The number of nitrogens with zero attached hydrogens (tertiary/aromatic N) is 4. The molecule has 2 aromatic rings. The molecule has 5 nitrogen and oxygen atoms in total. The Labute approximate surface area is 118 Å². The second-order valence-electron chi connectivity index (χ2n) is 4.56. The van der Waals surface area contributed by atoms with E-state index in [9.17, 15) is 4.91 Å². The lowest BCUT2D eigenvalue weighted by molar-refractivity contribution is 0.354. The Kier molecular flexibility index (Phi) is 5.06. The quantitative estimate of drug-likeness (QED) is 0.573. The molecule has 104 valence electrons. The van der Waals surface area contributed by atoms with Gasteiger partial charge in [0.15, 0.2) is 0 Å². The van der Waals surface area contributed by atoms with Crippen molar-refractivity contribution in [2.75, 3.05) is 25.0 Å². The molecule has 0 unspecified atom stereocenters. The summed E-state index contributed by atoms with van der Waals surface area (Å²) in [5, 5.41) is 4.29. The second kappa shape index (κ2) is 7.23. The number of hydrogen-bond donors (Lipinski definition) is 0. The Hall–Kier alpha value is -2.43. The van der Waals surface area contributed by atoms with Crippen LogP contribution in [0.15, 0.2) is 60.0 Å². The van der Waals surface area contributed by atoms with Gasteiger partial charge in [0.2, 0.25) is 0 Å². The number of rotatable bonds is 7. The van der Waals surface area contributed by atoms with Crippen molar-refractivity contribution >= 4 is 5.82 Å². The molecule has 0 bridgehead atoms. The van der Waals surface area contributed by atoms with Crippen molar-refractivity contribution in [2.45, 2.75) is 6.54 Å². The SMILES string of the molecule is CN(CCN(Cc1ccccc1)c1ccccn1)N=O. The van der Waals surface area contributed by atoms with E-state index in [0.29, 0.717) is 13.1 Å². The predicted octanol–water partition coefficient (Wildman–Crippen LogP) is 2.70. The topological polar surface area (TPSA) is 48.8 Å². The van der Waals surface area contributed by atoms with E-state index in [4.69, 9.17) is 0 Å². The van der Waals surface area contributed by atoms with Gasteiger partial charge in [-0.05, 0) is 17.7 Å². The highest BCUT2D eigenvalue weighted by molar-refractivity contribution is 5.39. The Morgan fingerprint density at radius 3 is 2.45 bits per heavy atom. The average Bonchev–Trinajstić information content (AvgIpc) is 2.53. The van der Waals surface area contributed by atoms with Gasteiger partial charge in [0, 0.05) is 26.3 Å². The van der Waals surface area contributed by atoms with Gasteiger partial charge in [-0.2, -0.15) is 0 Å². The molecule has 0 aliphatic rings. The number of aromatic nitrogens is 1. The Morgan fingerprint density at radius 2 is 1.80 bits per heavy atom. The van der Waals surface area contributed by atoms with E-state index in [-0.39, 0.29) is 0 Å². The van der Waals surface area contributed by atoms with E-state index in [1.54, 1.807) is 13.2 Å². The third-order valence-corrected chi connectivity index (χ3v) is 3.02. The zero-order valence-electron chi connectivity index (χ0n) is 11.5. The molecule has 2 rings (SSSR count). The summed E-state index contributed by atoms with van der Waals surface area (Å²) in [5.41, 5.74) is 1.21. The lowest BCUT2D eigenvalue weighted by Gasteiger charge is -2.25. The Morgan fingerprint density at radius 1 is 1.05 bits per heavy atom. The highest BCUT2D eigenvalue weighted by Gasteiger charge is 2.09. The summed E-state index contributed by atoms with van der Waals surface area (Å²) < 4.78 is 0. The number of anilines is 1. The molecule has 0 saturated carbocycles. The Balaban J connectivity index is 2.10. The Bertz CT molecular complexity index is 518. The fourth-order valence-corrected chi connectivity index (χ4v) is 1.93. The number of likely N-dealkylation sites (N-methyl/N-ethyl adjacent to an activating group) is 1. The summed E-state index contributed by atoms with van der Waals surface area (Å²) >= 11 is 0. The maximum Gasteiger partial charge on any atom is 0.128 e. The third-order valence-electron chi connectivity index (χ3n) is 3.02. The van der Waals surface area contributed by atoms with Gasteiger partial charge in [0.05, 0.1) is 11.8 Å². The summed E-state index contributed by atoms with van der Waals surface area (Å²) in [7, 11) is 1.67. The van der Waals surface area contributed by atoms with Crippen LogP contribution in [0.4, 0.5) is 5.82 Å². The van der Waals surface area contributed by atoms with Crippen molar-refractivity contribution in [3.63, 3.8) is 0 Å². The average molecular weight is 270 g/mol. The molecule has 0 radical (unpaired) electrons. The normalized spacial score (nSPS) is 10.1. The van der Waals surface area contributed by atoms with Crippen LogP contribution in [-0.4, -0.2) is 30.1 Å². The summed E-state index contributed by atoms with van der Waals surface area (Å²) in [6.45, 7) is 2.01. The van der Waals surface area contributed by atoms with Crippen molar-refractivity contribution in [1.82, 2.24) is 9.99 Å². The molecule has 0 atom stereocenters. The summed E-state index contributed by atoms with van der Waals surface area (Å²) in [5.74, 6) is 0.899. The minimum absolute atomic E-state index is 0.562. The summed E-state index contributed by atoms with van der Waals surface area (Å²) in [6.07, 6.45) is 1.77. The second-order valence-corrected chi connectivity index (χ2v) is 4.56. The van der Waals surface area contributed by atoms with Crippen LogP contribution < -0.4 is 4.90 Å². The van der Waals surface area contributed by atoms with Crippen molar-refractivity contribution in [1.29, 1.82) is 0 Å². The molecule has 1 aromatic carbocycles. The van der Waals surface area contributed by atoms with E-state index in [1.165, 1.54) is 10.6 Å². The monoisotopic (exact) mass is 270 g/mol. The molecule has 0 amide bonds. The van der Waals surface area contributed by atoms with Crippen LogP contribution in [0.2, 0.25) is 0 Å². The van der Waals surface area contributed by atoms with Crippen molar-refractivity contribution in [2.24, 2.45) is 5.29 Å². The molecule has 1 heterocycles. The third kappa shape index (κ3) is 4.05. The molecule has 0 saturated heterocycles. The van der Waals surface area contributed by atoms with E-state index in [2.05, 4.69) is 27.3 Å². The molecular weight excluding hydrogens is 252 g/mol. The highest BCUT2D eigenvalue weighted by atomic mass is 16.3. The minimum Gasteiger partial charge on any atom is -0.350 e. The number of nitroso groups, excluding NO2 is 1. The standard InChI is InChI=1S/C15H18N4O/c1-18(17-20)11-12-19(15-9-5-6-10-16-15)13-14-7-3-2-4-8-14/h2-10H,11-13H2,1H3. The van der Waals surface area contributed by atoms with Crippen LogP contribution in [-0.2, 0) is 6.54 Å². The fraction of sp³-hybridized carbons (Fsp3) is 0.267. The molecule has 5 heteroatoms. The van der Waals surface area contributed by atoms with E-state index < -0.39 is 0 Å². The lowest BCUT2D eigenvalue weighted by atomic mass is 10.2. The zero-order chi connectivity index (χ0) is 14.2. The largest absolute Gasteiger partial charge is 0.350 e. The lowest BCUT2D eigenvalue weighted by Crippen LogP contribution is -2.31. The molecule has 0 aliphatic heterocycles. The first-order chi connectivity index (χ1) is 9.79. The molecule has 0 spiro atoms. The first kappa shape index (κ1) is 14.0. The van der Waals surface area contributed by atoms with Crippen molar-refractivity contribution in [3.05, 3.63) is 65.2 Å². The smallest absolute Gasteiger partial charge is 0.128 e. The van der Waals surface area contributed by atoms with Gasteiger partial charge in [-0.3, -0.25) is 5.01 Å². The molecule has 1 aromatic heterocycles. The van der Waals surface area contributed by atoms with Crippen LogP contribution in [0.25, 0.3) is 0 Å².